The van der Waals surface area contributed by atoms with Crippen molar-refractivity contribution < 1.29 is 17.5 Å². The highest BCUT2D eigenvalue weighted by Gasteiger charge is 2.24. The molecule has 0 unspecified atom stereocenters. The van der Waals surface area contributed by atoms with Crippen molar-refractivity contribution in [3.63, 3.8) is 0 Å². The minimum Gasteiger partial charge on any atom is -0.377 e. The van der Waals surface area contributed by atoms with E-state index in [1.165, 1.54) is 19.2 Å². The van der Waals surface area contributed by atoms with Gasteiger partial charge in [0.25, 0.3) is 0 Å². The topological polar surface area (TPSA) is 46.6 Å². The first-order valence-corrected chi connectivity index (χ1v) is 8.01. The van der Waals surface area contributed by atoms with Crippen LogP contribution in [-0.4, -0.2) is 39.0 Å². The monoisotopic (exact) mass is 353 g/mol. The lowest BCUT2D eigenvalue weighted by atomic mass is 10.3. The maximum Gasteiger partial charge on any atom is 0.245 e. The Labute approximate surface area is 121 Å². The van der Waals surface area contributed by atoms with E-state index in [-0.39, 0.29) is 24.2 Å². The molecule has 0 aliphatic rings. The average Bonchev–Trinajstić information content (AvgIpc) is 2.27. The lowest BCUT2D eigenvalue weighted by Gasteiger charge is -2.18. The summed E-state index contributed by atoms with van der Waals surface area (Å²) < 4.78 is 44.9. The van der Waals surface area contributed by atoms with Gasteiger partial charge in [0.05, 0.1) is 12.7 Å². The van der Waals surface area contributed by atoms with Crippen molar-refractivity contribution in [2.75, 3.05) is 20.2 Å². The fourth-order valence-corrected chi connectivity index (χ4v) is 2.92. The van der Waals surface area contributed by atoms with Crippen LogP contribution in [0.5, 0.6) is 0 Å². The Kier molecular flexibility index (Phi) is 5.91. The SMILES string of the molecule is CC(C)OCCN(C)S(=O)(=O)c1ccc(Br)cc1F. The molecule has 0 fully saturated rings. The van der Waals surface area contributed by atoms with Gasteiger partial charge >= 0.3 is 0 Å². The third kappa shape index (κ3) is 4.52. The highest BCUT2D eigenvalue weighted by atomic mass is 79.9. The number of hydrogen-bond acceptors (Lipinski definition) is 3. The zero-order valence-electron chi connectivity index (χ0n) is 11.1. The van der Waals surface area contributed by atoms with Gasteiger partial charge in [-0.2, -0.15) is 4.31 Å². The van der Waals surface area contributed by atoms with Crippen LogP contribution in [0, 0.1) is 5.82 Å². The second-order valence-electron chi connectivity index (χ2n) is 4.32. The average molecular weight is 354 g/mol. The predicted octanol–water partition coefficient (Wildman–Crippen LogP) is 2.63. The molecule has 0 bridgehead atoms. The van der Waals surface area contributed by atoms with Crippen molar-refractivity contribution >= 4 is 26.0 Å². The first-order valence-electron chi connectivity index (χ1n) is 5.78. The highest BCUT2D eigenvalue weighted by molar-refractivity contribution is 9.10. The molecule has 0 aliphatic heterocycles. The van der Waals surface area contributed by atoms with Crippen LogP contribution in [0.25, 0.3) is 0 Å². The third-order valence-corrected chi connectivity index (χ3v) is 4.82. The van der Waals surface area contributed by atoms with Crippen molar-refractivity contribution in [2.24, 2.45) is 0 Å². The van der Waals surface area contributed by atoms with Crippen molar-refractivity contribution in [2.45, 2.75) is 24.8 Å². The summed E-state index contributed by atoms with van der Waals surface area (Å²) in [7, 11) is -2.42. The zero-order valence-corrected chi connectivity index (χ0v) is 13.5. The number of rotatable bonds is 6. The number of nitrogens with zero attached hydrogens (tertiary/aromatic N) is 1. The van der Waals surface area contributed by atoms with Crippen molar-refractivity contribution in [3.8, 4) is 0 Å². The van der Waals surface area contributed by atoms with Crippen LogP contribution in [0.3, 0.4) is 0 Å². The van der Waals surface area contributed by atoms with Crippen LogP contribution in [0.15, 0.2) is 27.6 Å². The van der Waals surface area contributed by atoms with Crippen LogP contribution in [0.1, 0.15) is 13.8 Å². The molecule has 7 heteroatoms. The number of sulfonamides is 1. The molecule has 1 rings (SSSR count). The summed E-state index contributed by atoms with van der Waals surface area (Å²) in [6, 6.07) is 3.87. The summed E-state index contributed by atoms with van der Waals surface area (Å²) in [6.45, 7) is 4.17. The van der Waals surface area contributed by atoms with Gasteiger partial charge in [-0.25, -0.2) is 12.8 Å². The molecule has 0 N–H and O–H groups in total. The molecule has 0 saturated heterocycles. The Morgan fingerprint density at radius 2 is 2.05 bits per heavy atom. The number of ether oxygens (including phenoxy) is 1. The van der Waals surface area contributed by atoms with E-state index in [1.54, 1.807) is 0 Å². The lowest BCUT2D eigenvalue weighted by Crippen LogP contribution is -2.31. The second kappa shape index (κ2) is 6.78. The molecular weight excluding hydrogens is 337 g/mol. The molecular formula is C12H17BrFNO3S. The van der Waals surface area contributed by atoms with Crippen LogP contribution in [0.2, 0.25) is 0 Å². The van der Waals surface area contributed by atoms with E-state index < -0.39 is 15.8 Å². The standard InChI is InChI=1S/C12H17BrFNO3S/c1-9(2)18-7-6-15(3)19(16,17)12-5-4-10(13)8-11(12)14/h4-5,8-9H,6-7H2,1-3H3. The zero-order chi connectivity index (χ0) is 14.6. The van der Waals surface area contributed by atoms with Crippen molar-refractivity contribution in [1.82, 2.24) is 4.31 Å². The first-order chi connectivity index (χ1) is 8.75. The van der Waals surface area contributed by atoms with E-state index in [1.807, 2.05) is 13.8 Å². The van der Waals surface area contributed by atoms with Gasteiger partial charge in [0.15, 0.2) is 0 Å². The summed E-state index contributed by atoms with van der Waals surface area (Å²) in [4.78, 5) is -0.331. The van der Waals surface area contributed by atoms with Gasteiger partial charge in [-0.15, -0.1) is 0 Å². The van der Waals surface area contributed by atoms with Gasteiger partial charge in [-0.05, 0) is 32.0 Å². The van der Waals surface area contributed by atoms with E-state index in [0.29, 0.717) is 4.47 Å². The predicted molar refractivity (Wildman–Crippen MR) is 75.0 cm³/mol. The molecule has 0 radical (unpaired) electrons. The van der Waals surface area contributed by atoms with Crippen LogP contribution < -0.4 is 0 Å². The van der Waals surface area contributed by atoms with E-state index in [4.69, 9.17) is 4.74 Å². The van der Waals surface area contributed by atoms with Crippen LogP contribution in [-0.2, 0) is 14.8 Å². The number of benzene rings is 1. The Hall–Kier alpha value is -0.500. The van der Waals surface area contributed by atoms with Gasteiger partial charge in [0.1, 0.15) is 10.7 Å². The fraction of sp³-hybridized carbons (Fsp3) is 0.500. The maximum absolute atomic E-state index is 13.7. The second-order valence-corrected chi connectivity index (χ2v) is 7.25. The molecule has 1 aromatic rings. The highest BCUT2D eigenvalue weighted by Crippen LogP contribution is 2.21. The molecule has 0 aliphatic carbocycles. The Balaban J connectivity index is 2.85. The quantitative estimate of drug-likeness (QED) is 0.789. The molecule has 0 atom stereocenters. The van der Waals surface area contributed by atoms with Crippen LogP contribution >= 0.6 is 15.9 Å². The van der Waals surface area contributed by atoms with Gasteiger partial charge in [-0.1, -0.05) is 15.9 Å². The molecule has 0 aromatic heterocycles. The first kappa shape index (κ1) is 16.6. The summed E-state index contributed by atoms with van der Waals surface area (Å²) in [5, 5.41) is 0. The molecule has 19 heavy (non-hydrogen) atoms. The third-order valence-electron chi connectivity index (χ3n) is 2.44. The molecule has 1 aromatic carbocycles. The van der Waals surface area contributed by atoms with Crippen LogP contribution in [0.4, 0.5) is 4.39 Å². The minimum atomic E-state index is -3.83. The molecule has 0 amide bonds. The molecule has 0 saturated carbocycles. The smallest absolute Gasteiger partial charge is 0.245 e. The molecule has 108 valence electrons. The van der Waals surface area contributed by atoms with Gasteiger partial charge in [0.2, 0.25) is 10.0 Å². The minimum absolute atomic E-state index is 0.0283. The molecule has 4 nitrogen and oxygen atoms in total. The Morgan fingerprint density at radius 1 is 1.42 bits per heavy atom. The number of halogens is 2. The summed E-state index contributed by atoms with van der Waals surface area (Å²) in [5.41, 5.74) is 0. The van der Waals surface area contributed by atoms with Gasteiger partial charge < -0.3 is 4.74 Å². The van der Waals surface area contributed by atoms with E-state index in [0.717, 1.165) is 10.4 Å². The van der Waals surface area contributed by atoms with Crippen molar-refractivity contribution in [3.05, 3.63) is 28.5 Å². The van der Waals surface area contributed by atoms with E-state index in [9.17, 15) is 12.8 Å². The normalized spacial score (nSPS) is 12.4. The fourth-order valence-electron chi connectivity index (χ4n) is 1.39. The summed E-state index contributed by atoms with van der Waals surface area (Å²) in [5.74, 6) is -0.772. The maximum atomic E-state index is 13.7. The largest absolute Gasteiger partial charge is 0.377 e. The lowest BCUT2D eigenvalue weighted by molar-refractivity contribution is 0.0737. The van der Waals surface area contributed by atoms with E-state index in [2.05, 4.69) is 15.9 Å². The Bertz CT molecular complexity index is 534. The van der Waals surface area contributed by atoms with E-state index >= 15 is 0 Å². The molecule has 0 spiro atoms. The summed E-state index contributed by atoms with van der Waals surface area (Å²) in [6.07, 6.45) is 0.0283. The molecule has 0 heterocycles. The van der Waals surface area contributed by atoms with Gasteiger partial charge in [0, 0.05) is 18.1 Å². The van der Waals surface area contributed by atoms with Crippen molar-refractivity contribution in [1.29, 1.82) is 0 Å². The van der Waals surface area contributed by atoms with Gasteiger partial charge in [-0.3, -0.25) is 0 Å². The number of likely N-dealkylation sites (N-methyl/N-ethyl adjacent to an activating group) is 1. The Morgan fingerprint density at radius 3 is 2.58 bits per heavy atom. The number of hydrogen-bond donors (Lipinski definition) is 0. The summed E-state index contributed by atoms with van der Waals surface area (Å²) >= 11 is 3.09.